The van der Waals surface area contributed by atoms with Crippen molar-refractivity contribution in [3.8, 4) is 0 Å². The number of halogens is 2. The third kappa shape index (κ3) is 8.67. The molecule has 0 N–H and O–H groups in total. The number of carbonyl (C=O) groups excluding carboxylic acids is 1. The van der Waals surface area contributed by atoms with Gasteiger partial charge in [-0.2, -0.15) is 0 Å². The van der Waals surface area contributed by atoms with E-state index in [9.17, 15) is 4.79 Å². The Morgan fingerprint density at radius 3 is 2.45 bits per heavy atom. The van der Waals surface area contributed by atoms with E-state index >= 15 is 0 Å². The molecule has 6 heteroatoms. The van der Waals surface area contributed by atoms with E-state index in [1.807, 2.05) is 20.8 Å². The van der Waals surface area contributed by atoms with Crippen LogP contribution >= 0.6 is 24.8 Å². The average molecular weight is 327 g/mol. The van der Waals surface area contributed by atoms with Crippen molar-refractivity contribution in [2.45, 2.75) is 39.2 Å². The van der Waals surface area contributed by atoms with Gasteiger partial charge in [0.15, 0.2) is 0 Å². The number of nitrogens with zero attached hydrogens (tertiary/aromatic N) is 2. The number of hydrogen-bond acceptors (Lipinski definition) is 3. The quantitative estimate of drug-likeness (QED) is 0.745. The minimum absolute atomic E-state index is 0. The largest absolute Gasteiger partial charge is 0.444 e. The molecule has 1 rings (SSSR count). The van der Waals surface area contributed by atoms with Gasteiger partial charge in [0, 0.05) is 26.7 Å². The Balaban J connectivity index is 0. The zero-order valence-electron chi connectivity index (χ0n) is 13.1. The molecule has 0 saturated heterocycles. The first-order valence-corrected chi connectivity index (χ1v) is 6.58. The van der Waals surface area contributed by atoms with Crippen molar-refractivity contribution in [3.05, 3.63) is 11.6 Å². The molecule has 0 saturated carbocycles. The molecule has 1 aliphatic heterocycles. The van der Waals surface area contributed by atoms with Crippen LogP contribution in [0, 0.1) is 0 Å². The highest BCUT2D eigenvalue weighted by Gasteiger charge is 2.19. The van der Waals surface area contributed by atoms with Crippen LogP contribution in [-0.4, -0.2) is 55.2 Å². The van der Waals surface area contributed by atoms with E-state index in [-0.39, 0.29) is 30.9 Å². The summed E-state index contributed by atoms with van der Waals surface area (Å²) in [7, 11) is 3.92. The Kier molecular flexibility index (Phi) is 10.4. The maximum absolute atomic E-state index is 11.8. The summed E-state index contributed by atoms with van der Waals surface area (Å²) >= 11 is 0. The molecule has 1 aliphatic rings. The Hall–Kier alpha value is -0.450. The summed E-state index contributed by atoms with van der Waals surface area (Å²) in [6.45, 7) is 8.52. The molecule has 0 radical (unpaired) electrons. The van der Waals surface area contributed by atoms with Gasteiger partial charge >= 0.3 is 6.09 Å². The average Bonchev–Trinajstić information content (AvgIpc) is 2.25. The van der Waals surface area contributed by atoms with Crippen LogP contribution in [0.3, 0.4) is 0 Å². The van der Waals surface area contributed by atoms with Crippen LogP contribution in [0.5, 0.6) is 0 Å². The third-order valence-corrected chi connectivity index (χ3v) is 2.98. The van der Waals surface area contributed by atoms with Gasteiger partial charge in [-0.1, -0.05) is 11.6 Å². The van der Waals surface area contributed by atoms with Crippen molar-refractivity contribution in [1.82, 2.24) is 9.80 Å². The zero-order valence-corrected chi connectivity index (χ0v) is 14.8. The number of carbonyl (C=O) groups is 1. The van der Waals surface area contributed by atoms with Gasteiger partial charge in [0.05, 0.1) is 0 Å². The van der Waals surface area contributed by atoms with E-state index in [4.69, 9.17) is 4.74 Å². The van der Waals surface area contributed by atoms with E-state index in [1.54, 1.807) is 11.9 Å². The molecule has 1 amide bonds. The fourth-order valence-corrected chi connectivity index (χ4v) is 1.78. The topological polar surface area (TPSA) is 32.8 Å². The Labute approximate surface area is 135 Å². The van der Waals surface area contributed by atoms with Gasteiger partial charge in [0.1, 0.15) is 5.60 Å². The smallest absolute Gasteiger partial charge is 0.410 e. The van der Waals surface area contributed by atoms with E-state index < -0.39 is 5.60 Å². The monoisotopic (exact) mass is 326 g/mol. The minimum atomic E-state index is -0.418. The highest BCUT2D eigenvalue weighted by molar-refractivity contribution is 5.85. The van der Waals surface area contributed by atoms with Gasteiger partial charge in [-0.05, 0) is 40.7 Å². The molecular formula is C14H28Cl2N2O2. The molecule has 0 aromatic rings. The fraction of sp³-hybridized carbons (Fsp3) is 0.786. The molecule has 0 spiro atoms. The number of likely N-dealkylation sites (N-methyl/N-ethyl adjacent to an activating group) is 1. The first-order valence-electron chi connectivity index (χ1n) is 6.58. The predicted octanol–water partition coefficient (Wildman–Crippen LogP) is 3.35. The minimum Gasteiger partial charge on any atom is -0.444 e. The highest BCUT2D eigenvalue weighted by atomic mass is 35.5. The van der Waals surface area contributed by atoms with Crippen LogP contribution in [-0.2, 0) is 4.74 Å². The summed E-state index contributed by atoms with van der Waals surface area (Å²) in [6.07, 6.45) is 4.09. The summed E-state index contributed by atoms with van der Waals surface area (Å²) in [5.74, 6) is 0. The number of hydrogen-bond donors (Lipinski definition) is 0. The van der Waals surface area contributed by atoms with Crippen molar-refractivity contribution in [2.24, 2.45) is 0 Å². The maximum Gasteiger partial charge on any atom is 0.410 e. The summed E-state index contributed by atoms with van der Waals surface area (Å²) in [5.41, 5.74) is 1.03. The maximum atomic E-state index is 11.8. The Morgan fingerprint density at radius 2 is 2.00 bits per heavy atom. The van der Waals surface area contributed by atoms with Crippen molar-refractivity contribution in [3.63, 3.8) is 0 Å². The van der Waals surface area contributed by atoms with Gasteiger partial charge in [-0.15, -0.1) is 24.8 Å². The lowest BCUT2D eigenvalue weighted by Crippen LogP contribution is -2.35. The van der Waals surface area contributed by atoms with Crippen molar-refractivity contribution in [2.75, 3.05) is 33.7 Å². The lowest BCUT2D eigenvalue weighted by Gasteiger charge is -2.26. The number of amides is 1. The summed E-state index contributed by atoms with van der Waals surface area (Å²) in [4.78, 5) is 15.7. The summed E-state index contributed by atoms with van der Waals surface area (Å²) in [5, 5.41) is 0. The van der Waals surface area contributed by atoms with Crippen LogP contribution in [0.2, 0.25) is 0 Å². The second-order valence-corrected chi connectivity index (χ2v) is 6.03. The van der Waals surface area contributed by atoms with Crippen LogP contribution in [0.15, 0.2) is 11.6 Å². The summed E-state index contributed by atoms with van der Waals surface area (Å²) < 4.78 is 5.32. The van der Waals surface area contributed by atoms with Gasteiger partial charge < -0.3 is 14.5 Å². The van der Waals surface area contributed by atoms with E-state index in [0.717, 1.165) is 32.5 Å². The van der Waals surface area contributed by atoms with Crippen LogP contribution in [0.1, 0.15) is 33.6 Å². The second kappa shape index (κ2) is 9.48. The van der Waals surface area contributed by atoms with Gasteiger partial charge in [0.2, 0.25) is 0 Å². The van der Waals surface area contributed by atoms with Crippen LogP contribution < -0.4 is 0 Å². The van der Waals surface area contributed by atoms with E-state index in [0.29, 0.717) is 0 Å². The molecule has 0 aromatic carbocycles. The normalized spacial score (nSPS) is 15.6. The lowest BCUT2D eigenvalue weighted by atomic mass is 10.1. The number of rotatable bonds is 3. The Bertz CT molecular complexity index is 328. The molecule has 0 unspecified atom stereocenters. The molecule has 0 fully saturated rings. The van der Waals surface area contributed by atoms with E-state index in [1.165, 1.54) is 5.57 Å². The summed E-state index contributed by atoms with van der Waals surface area (Å²) in [6, 6.07) is 0. The van der Waals surface area contributed by atoms with Crippen LogP contribution in [0.25, 0.3) is 0 Å². The molecule has 4 nitrogen and oxygen atoms in total. The van der Waals surface area contributed by atoms with Crippen LogP contribution in [0.4, 0.5) is 4.79 Å². The van der Waals surface area contributed by atoms with Crippen molar-refractivity contribution >= 4 is 30.9 Å². The van der Waals surface area contributed by atoms with Gasteiger partial charge in [-0.25, -0.2) is 4.79 Å². The first kappa shape index (κ1) is 21.8. The predicted molar refractivity (Wildman–Crippen MR) is 88.2 cm³/mol. The molecule has 0 bridgehead atoms. The highest BCUT2D eigenvalue weighted by Crippen LogP contribution is 2.14. The van der Waals surface area contributed by atoms with Crippen molar-refractivity contribution < 1.29 is 9.53 Å². The van der Waals surface area contributed by atoms with Crippen molar-refractivity contribution in [1.29, 1.82) is 0 Å². The molecule has 0 atom stereocenters. The zero-order chi connectivity index (χ0) is 13.8. The third-order valence-electron chi connectivity index (χ3n) is 2.98. The molecular weight excluding hydrogens is 299 g/mol. The molecule has 0 aliphatic carbocycles. The van der Waals surface area contributed by atoms with Gasteiger partial charge in [0.25, 0.3) is 0 Å². The van der Waals surface area contributed by atoms with Gasteiger partial charge in [-0.3, -0.25) is 0 Å². The second-order valence-electron chi connectivity index (χ2n) is 6.03. The van der Waals surface area contributed by atoms with E-state index in [2.05, 4.69) is 18.0 Å². The number of ether oxygens (including phenoxy) is 1. The molecule has 0 aromatic heterocycles. The standard InChI is InChI=1S/C14H26N2O2.2ClH/c1-14(2,3)18-13(17)16(5)11-8-12-6-9-15(4)10-7-12;;/h6H,7-11H2,1-5H3;2*1H. The first-order chi connectivity index (χ1) is 8.28. The SMILES string of the molecule is CN1CC=C(CCN(C)C(=O)OC(C)(C)C)CC1.Cl.Cl. The lowest BCUT2D eigenvalue weighted by molar-refractivity contribution is 0.0300. The fourth-order valence-electron chi connectivity index (χ4n) is 1.78. The molecule has 20 heavy (non-hydrogen) atoms. The Morgan fingerprint density at radius 1 is 1.40 bits per heavy atom. The molecule has 120 valence electrons. The molecule has 1 heterocycles.